The molecule has 0 spiro atoms. The first-order chi connectivity index (χ1) is 14.2. The van der Waals surface area contributed by atoms with Crippen molar-refractivity contribution in [2.75, 3.05) is 36.9 Å². The maximum absolute atomic E-state index is 5.93. The van der Waals surface area contributed by atoms with Crippen molar-refractivity contribution in [2.24, 2.45) is 4.99 Å². The average Bonchev–Trinajstić information content (AvgIpc) is 3.18. The Morgan fingerprint density at radius 1 is 1.10 bits per heavy atom. The summed E-state index contributed by atoms with van der Waals surface area (Å²) >= 11 is 11.9. The highest BCUT2D eigenvalue weighted by Crippen LogP contribution is 2.29. The summed E-state index contributed by atoms with van der Waals surface area (Å²) in [6.45, 7) is 3.39. The number of aryl methyl sites for hydroxylation is 1. The SMILES string of the molecule is COc1cc(C=Nc2ccc(-n3ccnc3C)cc2)ccc1N(CCCl)CCCl. The zero-order valence-corrected chi connectivity index (χ0v) is 18.1. The molecule has 0 radical (unpaired) electrons. The van der Waals surface area contributed by atoms with Crippen molar-refractivity contribution in [1.82, 2.24) is 9.55 Å². The van der Waals surface area contributed by atoms with Gasteiger partial charge in [0.05, 0.1) is 18.5 Å². The molecule has 1 aromatic heterocycles. The molecule has 3 aromatic rings. The van der Waals surface area contributed by atoms with Crippen LogP contribution in [0.3, 0.4) is 0 Å². The van der Waals surface area contributed by atoms with Gasteiger partial charge in [0.1, 0.15) is 11.6 Å². The standard InChI is InChI=1S/C22H24Cl2N4O/c1-17-25-11-14-28(17)20-6-4-19(5-7-20)26-16-18-3-8-21(22(15-18)29-2)27(12-9-23)13-10-24/h3-8,11,14-16H,9-10,12-13H2,1-2H3. The lowest BCUT2D eigenvalue weighted by Crippen LogP contribution is -2.28. The third kappa shape index (κ3) is 5.31. The number of rotatable bonds is 9. The zero-order valence-electron chi connectivity index (χ0n) is 16.6. The first-order valence-electron chi connectivity index (χ1n) is 9.35. The molecule has 0 bridgehead atoms. The third-order valence-electron chi connectivity index (χ3n) is 4.57. The van der Waals surface area contributed by atoms with Crippen LogP contribution in [0.25, 0.3) is 5.69 Å². The average molecular weight is 431 g/mol. The molecule has 0 unspecified atom stereocenters. The highest BCUT2D eigenvalue weighted by molar-refractivity contribution is 6.18. The molecule has 0 aliphatic carbocycles. The van der Waals surface area contributed by atoms with E-state index in [0.717, 1.165) is 34.2 Å². The van der Waals surface area contributed by atoms with Crippen LogP contribution in [0.1, 0.15) is 11.4 Å². The summed E-state index contributed by atoms with van der Waals surface area (Å²) in [4.78, 5) is 11.0. The van der Waals surface area contributed by atoms with Crippen molar-refractivity contribution in [2.45, 2.75) is 6.92 Å². The van der Waals surface area contributed by atoms with E-state index in [4.69, 9.17) is 27.9 Å². The lowest BCUT2D eigenvalue weighted by atomic mass is 10.2. The van der Waals surface area contributed by atoms with Crippen molar-refractivity contribution >= 4 is 40.8 Å². The molecule has 0 fully saturated rings. The minimum atomic E-state index is 0.526. The van der Waals surface area contributed by atoms with Crippen LogP contribution in [0.2, 0.25) is 0 Å². The number of anilines is 1. The van der Waals surface area contributed by atoms with Crippen molar-refractivity contribution in [3.05, 3.63) is 66.2 Å². The van der Waals surface area contributed by atoms with Gasteiger partial charge in [0.15, 0.2) is 0 Å². The topological polar surface area (TPSA) is 42.6 Å². The van der Waals surface area contributed by atoms with E-state index in [-0.39, 0.29) is 0 Å². The molecule has 0 atom stereocenters. The fraction of sp³-hybridized carbons (Fsp3) is 0.273. The van der Waals surface area contributed by atoms with Gasteiger partial charge in [0.25, 0.3) is 0 Å². The molecule has 152 valence electrons. The lowest BCUT2D eigenvalue weighted by Gasteiger charge is -2.25. The first kappa shape index (κ1) is 21.2. The Hall–Kier alpha value is -2.50. The summed E-state index contributed by atoms with van der Waals surface area (Å²) in [6, 6.07) is 14.0. The number of aromatic nitrogens is 2. The molecule has 0 saturated carbocycles. The van der Waals surface area contributed by atoms with Crippen LogP contribution in [0, 0.1) is 6.92 Å². The first-order valence-corrected chi connectivity index (χ1v) is 10.4. The molecule has 2 aromatic carbocycles. The number of halogens is 2. The Bertz CT molecular complexity index is 948. The summed E-state index contributed by atoms with van der Waals surface area (Å²) in [5.74, 6) is 2.77. The number of hydrogen-bond donors (Lipinski definition) is 0. The van der Waals surface area contributed by atoms with Crippen LogP contribution in [0.15, 0.2) is 59.9 Å². The van der Waals surface area contributed by atoms with Crippen molar-refractivity contribution in [3.63, 3.8) is 0 Å². The lowest BCUT2D eigenvalue weighted by molar-refractivity contribution is 0.414. The number of hydrogen-bond acceptors (Lipinski definition) is 4. The third-order valence-corrected chi connectivity index (χ3v) is 4.91. The van der Waals surface area contributed by atoms with Crippen LogP contribution in [-0.4, -0.2) is 47.7 Å². The zero-order chi connectivity index (χ0) is 20.6. The van der Waals surface area contributed by atoms with Gasteiger partial charge in [-0.15, -0.1) is 23.2 Å². The van der Waals surface area contributed by atoms with Gasteiger partial charge in [0.2, 0.25) is 0 Å². The molecule has 0 saturated heterocycles. The van der Waals surface area contributed by atoms with Crippen LogP contribution >= 0.6 is 23.2 Å². The number of benzene rings is 2. The van der Waals surface area contributed by atoms with Crippen molar-refractivity contribution < 1.29 is 4.74 Å². The number of methoxy groups -OCH3 is 1. The van der Waals surface area contributed by atoms with Crippen molar-refractivity contribution in [3.8, 4) is 11.4 Å². The molecule has 0 N–H and O–H groups in total. The summed E-state index contributed by atoms with van der Waals surface area (Å²) in [5, 5.41) is 0. The van der Waals surface area contributed by atoms with Gasteiger partial charge in [-0.3, -0.25) is 4.99 Å². The fourth-order valence-electron chi connectivity index (χ4n) is 3.09. The minimum Gasteiger partial charge on any atom is -0.495 e. The molecule has 29 heavy (non-hydrogen) atoms. The number of imidazole rings is 1. The monoisotopic (exact) mass is 430 g/mol. The second-order valence-electron chi connectivity index (χ2n) is 6.42. The van der Waals surface area contributed by atoms with E-state index in [0.29, 0.717) is 24.8 Å². The predicted octanol–water partition coefficient (Wildman–Crippen LogP) is 5.22. The van der Waals surface area contributed by atoms with E-state index in [1.54, 1.807) is 13.3 Å². The van der Waals surface area contributed by atoms with Crippen LogP contribution < -0.4 is 9.64 Å². The van der Waals surface area contributed by atoms with Gasteiger partial charge < -0.3 is 14.2 Å². The summed E-state index contributed by atoms with van der Waals surface area (Å²) in [6.07, 6.45) is 5.57. The van der Waals surface area contributed by atoms with Gasteiger partial charge in [-0.05, 0) is 48.9 Å². The molecule has 0 aliphatic rings. The quantitative estimate of drug-likeness (QED) is 0.345. The van der Waals surface area contributed by atoms with Gasteiger partial charge >= 0.3 is 0 Å². The largest absolute Gasteiger partial charge is 0.495 e. The molecular weight excluding hydrogens is 407 g/mol. The Morgan fingerprint density at radius 3 is 2.41 bits per heavy atom. The fourth-order valence-corrected chi connectivity index (χ4v) is 3.50. The highest BCUT2D eigenvalue weighted by Gasteiger charge is 2.11. The smallest absolute Gasteiger partial charge is 0.142 e. The molecule has 1 heterocycles. The second kappa shape index (κ2) is 10.3. The summed E-state index contributed by atoms with van der Waals surface area (Å²) in [7, 11) is 1.66. The van der Waals surface area contributed by atoms with Gasteiger partial charge in [-0.2, -0.15) is 0 Å². The summed E-state index contributed by atoms with van der Waals surface area (Å²) in [5.41, 5.74) is 3.87. The van der Waals surface area contributed by atoms with Gasteiger partial charge in [-0.1, -0.05) is 6.07 Å². The normalized spacial score (nSPS) is 11.2. The number of ether oxygens (including phenoxy) is 1. The Labute approximate surface area is 181 Å². The minimum absolute atomic E-state index is 0.526. The van der Waals surface area contributed by atoms with Crippen LogP contribution in [0.5, 0.6) is 5.75 Å². The Kier molecular flexibility index (Phi) is 7.55. The summed E-state index contributed by atoms with van der Waals surface area (Å²) < 4.78 is 7.61. The molecular formula is C22H24Cl2N4O. The molecule has 5 nitrogen and oxygen atoms in total. The van der Waals surface area contributed by atoms with E-state index in [2.05, 4.69) is 14.9 Å². The number of nitrogens with zero attached hydrogens (tertiary/aromatic N) is 4. The maximum Gasteiger partial charge on any atom is 0.142 e. The molecule has 0 aliphatic heterocycles. The van der Waals surface area contributed by atoms with Gasteiger partial charge in [-0.25, -0.2) is 4.98 Å². The second-order valence-corrected chi connectivity index (χ2v) is 7.17. The number of aliphatic imine (C=N–C) groups is 1. The molecule has 3 rings (SSSR count). The predicted molar refractivity (Wildman–Crippen MR) is 122 cm³/mol. The van der Waals surface area contributed by atoms with Crippen LogP contribution in [-0.2, 0) is 0 Å². The number of alkyl halides is 2. The Morgan fingerprint density at radius 2 is 1.83 bits per heavy atom. The van der Waals surface area contributed by atoms with Gasteiger partial charge in [0, 0.05) is 49.1 Å². The van der Waals surface area contributed by atoms with E-state index < -0.39 is 0 Å². The highest BCUT2D eigenvalue weighted by atomic mass is 35.5. The maximum atomic E-state index is 5.93. The van der Waals surface area contributed by atoms with Crippen molar-refractivity contribution in [1.29, 1.82) is 0 Å². The van der Waals surface area contributed by atoms with Crippen LogP contribution in [0.4, 0.5) is 11.4 Å². The molecule has 0 amide bonds. The molecule has 7 heteroatoms. The van der Waals surface area contributed by atoms with E-state index in [1.165, 1.54) is 0 Å². The van der Waals surface area contributed by atoms with E-state index in [1.807, 2.05) is 66.4 Å². The Balaban J connectivity index is 1.77. The van der Waals surface area contributed by atoms with E-state index >= 15 is 0 Å². The van der Waals surface area contributed by atoms with E-state index in [9.17, 15) is 0 Å².